The number of hydrogen-bond acceptors (Lipinski definition) is 5. The number of fused-ring (bicyclic) bond motifs is 1. The average Bonchev–Trinajstić information content (AvgIpc) is 2.68. The highest BCUT2D eigenvalue weighted by atomic mass is 19.3. The molecule has 1 aromatic rings. The summed E-state index contributed by atoms with van der Waals surface area (Å²) in [5.74, 6) is -3.95. The number of carbonyl (C=O) groups is 2. The number of halogens is 2. The van der Waals surface area contributed by atoms with E-state index in [1.807, 2.05) is 0 Å². The molecule has 7 nitrogen and oxygen atoms in total. The third kappa shape index (κ3) is 2.59. The van der Waals surface area contributed by atoms with E-state index in [9.17, 15) is 18.4 Å². The number of methoxy groups -OCH3 is 1. The lowest BCUT2D eigenvalue weighted by atomic mass is 9.94. The van der Waals surface area contributed by atoms with Crippen molar-refractivity contribution in [3.05, 3.63) is 23.8 Å². The molecule has 2 N–H and O–H groups in total. The lowest BCUT2D eigenvalue weighted by Crippen LogP contribution is -2.50. The summed E-state index contributed by atoms with van der Waals surface area (Å²) in [7, 11) is 0.934. The Kier molecular flexibility index (Phi) is 3.46. The lowest BCUT2D eigenvalue weighted by molar-refractivity contribution is -0.286. The van der Waals surface area contributed by atoms with Crippen LogP contribution in [0.3, 0.4) is 0 Å². The van der Waals surface area contributed by atoms with Gasteiger partial charge in [-0.1, -0.05) is 6.07 Å². The van der Waals surface area contributed by atoms with Crippen molar-refractivity contribution < 1.29 is 42.8 Å². The number of benzene rings is 1. The molecule has 1 aliphatic rings. The van der Waals surface area contributed by atoms with E-state index in [2.05, 4.69) is 14.2 Å². The first-order valence-electron chi connectivity index (χ1n) is 5.61. The molecule has 0 atom stereocenters. The van der Waals surface area contributed by atoms with Gasteiger partial charge >= 0.3 is 18.2 Å². The minimum atomic E-state index is -3.81. The van der Waals surface area contributed by atoms with Gasteiger partial charge in [-0.15, -0.1) is 8.78 Å². The number of aliphatic carboxylic acids is 2. The van der Waals surface area contributed by atoms with Gasteiger partial charge in [0.05, 0.1) is 0 Å². The molecule has 0 fully saturated rings. The van der Waals surface area contributed by atoms with Crippen LogP contribution >= 0.6 is 0 Å². The molecule has 21 heavy (non-hydrogen) atoms. The normalized spacial score (nSPS) is 15.8. The first-order chi connectivity index (χ1) is 9.70. The summed E-state index contributed by atoms with van der Waals surface area (Å²) < 4.78 is 38.7. The number of rotatable bonds is 5. The first-order valence-corrected chi connectivity index (χ1v) is 5.61. The van der Waals surface area contributed by atoms with Crippen molar-refractivity contribution in [2.75, 3.05) is 7.11 Å². The van der Waals surface area contributed by atoms with E-state index in [1.54, 1.807) is 0 Å². The van der Waals surface area contributed by atoms with Crippen molar-refractivity contribution in [1.82, 2.24) is 0 Å². The Bertz CT molecular complexity index is 585. The molecule has 0 aliphatic carbocycles. The summed E-state index contributed by atoms with van der Waals surface area (Å²) in [4.78, 5) is 22.3. The Morgan fingerprint density at radius 2 is 1.81 bits per heavy atom. The Labute approximate surface area is 116 Å². The fourth-order valence-electron chi connectivity index (χ4n) is 1.88. The zero-order valence-electron chi connectivity index (χ0n) is 10.6. The maximum absolute atomic E-state index is 12.9. The standard InChI is InChI=1S/C12H10F2O7/c1-19-11(9(15)16,10(17)18)5-6-2-3-7-8(4-6)21-12(13,14)20-7/h2-4H,5H2,1H3,(H,15,16)(H,17,18). The van der Waals surface area contributed by atoms with Crippen molar-refractivity contribution in [3.8, 4) is 11.5 Å². The molecule has 0 radical (unpaired) electrons. The van der Waals surface area contributed by atoms with Crippen molar-refractivity contribution in [3.63, 3.8) is 0 Å². The third-order valence-electron chi connectivity index (χ3n) is 2.96. The van der Waals surface area contributed by atoms with Gasteiger partial charge in [-0.25, -0.2) is 9.59 Å². The van der Waals surface area contributed by atoms with Crippen LogP contribution in [0.2, 0.25) is 0 Å². The molecule has 9 heteroatoms. The summed E-state index contributed by atoms with van der Waals surface area (Å²) in [6.07, 6.45) is -4.38. The van der Waals surface area contributed by atoms with Crippen molar-refractivity contribution in [2.24, 2.45) is 0 Å². The van der Waals surface area contributed by atoms with Gasteiger partial charge in [0.2, 0.25) is 0 Å². The summed E-state index contributed by atoms with van der Waals surface area (Å²) >= 11 is 0. The SMILES string of the molecule is COC(Cc1ccc2c(c1)OC(F)(F)O2)(C(=O)O)C(=O)O. The van der Waals surface area contributed by atoms with Crippen molar-refractivity contribution >= 4 is 11.9 Å². The average molecular weight is 304 g/mol. The van der Waals surface area contributed by atoms with Crippen LogP contribution in [0.25, 0.3) is 0 Å². The first kappa shape index (κ1) is 15.0. The number of carboxylic acids is 2. The topological polar surface area (TPSA) is 102 Å². The number of carboxylic acid groups (broad SMARTS) is 2. The predicted molar refractivity (Wildman–Crippen MR) is 61.4 cm³/mol. The molecule has 0 saturated carbocycles. The summed E-state index contributed by atoms with van der Waals surface area (Å²) in [6.45, 7) is 0. The molecule has 1 heterocycles. The quantitative estimate of drug-likeness (QED) is 0.785. The van der Waals surface area contributed by atoms with Gasteiger partial charge in [-0.3, -0.25) is 0 Å². The summed E-state index contributed by atoms with van der Waals surface area (Å²) in [5, 5.41) is 18.1. The molecule has 1 aromatic carbocycles. The van der Waals surface area contributed by atoms with Gasteiger partial charge in [0, 0.05) is 13.5 Å². The van der Waals surface area contributed by atoms with Gasteiger partial charge in [0.1, 0.15) is 0 Å². The van der Waals surface area contributed by atoms with Crippen LogP contribution in [0.1, 0.15) is 5.56 Å². The molecular formula is C12H10F2O7. The number of ether oxygens (including phenoxy) is 3. The van der Waals surface area contributed by atoms with Crippen LogP contribution < -0.4 is 9.47 Å². The van der Waals surface area contributed by atoms with Gasteiger partial charge in [0.15, 0.2) is 11.5 Å². The molecule has 0 unspecified atom stereocenters. The molecule has 0 bridgehead atoms. The largest absolute Gasteiger partial charge is 0.586 e. The van der Waals surface area contributed by atoms with Crippen LogP contribution in [-0.4, -0.2) is 41.2 Å². The number of alkyl halides is 2. The summed E-state index contributed by atoms with van der Waals surface area (Å²) in [5.41, 5.74) is -2.39. The Morgan fingerprint density at radius 1 is 1.24 bits per heavy atom. The van der Waals surface area contributed by atoms with E-state index in [0.29, 0.717) is 0 Å². The molecule has 0 saturated heterocycles. The fraction of sp³-hybridized carbons (Fsp3) is 0.333. The van der Waals surface area contributed by atoms with E-state index in [-0.39, 0.29) is 17.1 Å². The zero-order valence-corrected chi connectivity index (χ0v) is 10.6. The minimum Gasteiger partial charge on any atom is -0.479 e. The maximum atomic E-state index is 12.9. The van der Waals surface area contributed by atoms with E-state index in [1.165, 1.54) is 6.07 Å². The highest BCUT2D eigenvalue weighted by Gasteiger charge is 2.48. The van der Waals surface area contributed by atoms with Gasteiger partial charge < -0.3 is 24.4 Å². The Morgan fingerprint density at radius 3 is 2.33 bits per heavy atom. The Balaban J connectivity index is 2.32. The van der Waals surface area contributed by atoms with Crippen molar-refractivity contribution in [1.29, 1.82) is 0 Å². The van der Waals surface area contributed by atoms with Crippen LogP contribution in [-0.2, 0) is 20.7 Å². The monoisotopic (exact) mass is 304 g/mol. The molecular weight excluding hydrogens is 294 g/mol. The second-order valence-corrected chi connectivity index (χ2v) is 4.27. The molecule has 114 valence electrons. The zero-order chi connectivity index (χ0) is 15.8. The fourth-order valence-corrected chi connectivity index (χ4v) is 1.88. The van der Waals surface area contributed by atoms with Gasteiger partial charge in [-0.2, -0.15) is 0 Å². The molecule has 2 rings (SSSR count). The van der Waals surface area contributed by atoms with Gasteiger partial charge in [-0.05, 0) is 17.7 Å². The molecule has 0 aromatic heterocycles. The third-order valence-corrected chi connectivity index (χ3v) is 2.96. The summed E-state index contributed by atoms with van der Waals surface area (Å²) in [6, 6.07) is 3.47. The van der Waals surface area contributed by atoms with E-state index in [0.717, 1.165) is 19.2 Å². The smallest absolute Gasteiger partial charge is 0.479 e. The van der Waals surface area contributed by atoms with Gasteiger partial charge in [0.25, 0.3) is 5.60 Å². The highest BCUT2D eigenvalue weighted by molar-refractivity contribution is 6.02. The van der Waals surface area contributed by atoms with Crippen LogP contribution in [0.15, 0.2) is 18.2 Å². The Hall–Kier alpha value is -2.42. The van der Waals surface area contributed by atoms with E-state index >= 15 is 0 Å². The molecule has 0 spiro atoms. The van der Waals surface area contributed by atoms with Crippen molar-refractivity contribution in [2.45, 2.75) is 18.3 Å². The van der Waals surface area contributed by atoms with Crippen LogP contribution in [0.4, 0.5) is 8.78 Å². The predicted octanol–water partition coefficient (Wildman–Crippen LogP) is 1.10. The molecule has 1 aliphatic heterocycles. The van der Waals surface area contributed by atoms with Crippen LogP contribution in [0, 0.1) is 0 Å². The lowest BCUT2D eigenvalue weighted by Gasteiger charge is -2.23. The van der Waals surface area contributed by atoms with Crippen LogP contribution in [0.5, 0.6) is 11.5 Å². The maximum Gasteiger partial charge on any atom is 0.586 e. The highest BCUT2D eigenvalue weighted by Crippen LogP contribution is 2.41. The van der Waals surface area contributed by atoms with E-state index < -0.39 is 30.3 Å². The second kappa shape index (κ2) is 4.85. The van der Waals surface area contributed by atoms with E-state index in [4.69, 9.17) is 10.2 Å². The second-order valence-electron chi connectivity index (χ2n) is 4.27. The number of hydrogen-bond donors (Lipinski definition) is 2. The molecule has 0 amide bonds. The minimum absolute atomic E-state index is 0.127.